The van der Waals surface area contributed by atoms with Gasteiger partial charge in [-0.3, -0.25) is 4.79 Å². The lowest BCUT2D eigenvalue weighted by atomic mass is 10.2. The van der Waals surface area contributed by atoms with Crippen molar-refractivity contribution < 1.29 is 23.8 Å². The number of hydrogen-bond acceptors (Lipinski definition) is 6. The Labute approximate surface area is 150 Å². The number of hydrogen-bond donors (Lipinski definition) is 3. The third kappa shape index (κ3) is 3.63. The van der Waals surface area contributed by atoms with Crippen molar-refractivity contribution in [3.8, 4) is 11.5 Å². The smallest absolute Gasteiger partial charge is 0.356 e. The fourth-order valence-electron chi connectivity index (χ4n) is 2.27. The Morgan fingerprint density at radius 1 is 1.20 bits per heavy atom. The molecular weight excluding hydrogens is 344 g/mol. The van der Waals surface area contributed by atoms with E-state index >= 15 is 0 Å². The quantitative estimate of drug-likeness (QED) is 0.318. The summed E-state index contributed by atoms with van der Waals surface area (Å²) in [5.41, 5.74) is 0.930. The van der Waals surface area contributed by atoms with Gasteiger partial charge in [-0.1, -0.05) is 12.7 Å². The summed E-state index contributed by atoms with van der Waals surface area (Å²) in [7, 11) is 4.25. The van der Waals surface area contributed by atoms with E-state index in [4.69, 9.17) is 14.2 Å². The Bertz CT molecular complexity index is 870. The fraction of sp³-hybridized carbons (Fsp3) is 0.176. The molecular formula is C17H18N2O5S. The van der Waals surface area contributed by atoms with Gasteiger partial charge in [-0.05, 0) is 12.1 Å². The number of aromatic amines is 1. The number of thiol groups is 1. The molecule has 2 N–H and O–H groups in total. The lowest BCUT2D eigenvalue weighted by Crippen LogP contribution is -2.14. The van der Waals surface area contributed by atoms with Gasteiger partial charge >= 0.3 is 5.97 Å². The van der Waals surface area contributed by atoms with Gasteiger partial charge in [-0.2, -0.15) is 0 Å². The first-order valence-corrected chi connectivity index (χ1v) is 7.60. The number of carbonyl (C=O) groups is 2. The van der Waals surface area contributed by atoms with Crippen molar-refractivity contribution in [3.63, 3.8) is 0 Å². The van der Waals surface area contributed by atoms with Crippen LogP contribution >= 0.6 is 12.6 Å². The van der Waals surface area contributed by atoms with Crippen LogP contribution in [0.1, 0.15) is 10.5 Å². The van der Waals surface area contributed by atoms with Gasteiger partial charge in [0.15, 0.2) is 11.5 Å². The van der Waals surface area contributed by atoms with Gasteiger partial charge in [0.25, 0.3) is 5.91 Å². The van der Waals surface area contributed by atoms with Gasteiger partial charge in [0, 0.05) is 11.5 Å². The second-order valence-corrected chi connectivity index (χ2v) is 5.34. The Balaban J connectivity index is 2.65. The van der Waals surface area contributed by atoms with Crippen LogP contribution < -0.4 is 14.8 Å². The zero-order valence-electron chi connectivity index (χ0n) is 14.0. The van der Waals surface area contributed by atoms with E-state index in [2.05, 4.69) is 29.5 Å². The molecule has 0 aliphatic heterocycles. The number of allylic oxidation sites excluding steroid dienone is 2. The number of anilines is 1. The molecule has 0 saturated carbocycles. The van der Waals surface area contributed by atoms with Gasteiger partial charge in [-0.25, -0.2) is 4.79 Å². The molecule has 1 aromatic heterocycles. The molecule has 25 heavy (non-hydrogen) atoms. The largest absolute Gasteiger partial charge is 0.493 e. The number of amides is 1. The highest BCUT2D eigenvalue weighted by molar-refractivity contribution is 7.85. The van der Waals surface area contributed by atoms with Gasteiger partial charge in [-0.15, -0.1) is 12.6 Å². The number of nitrogens with one attached hydrogen (secondary N) is 2. The Hall–Kier alpha value is -2.87. The minimum atomic E-state index is -0.627. The van der Waals surface area contributed by atoms with Crippen molar-refractivity contribution in [2.75, 3.05) is 26.6 Å². The summed E-state index contributed by atoms with van der Waals surface area (Å²) in [4.78, 5) is 27.4. The number of H-pyrrole nitrogens is 1. The van der Waals surface area contributed by atoms with Crippen LogP contribution in [-0.2, 0) is 9.53 Å². The van der Waals surface area contributed by atoms with Crippen LogP contribution in [0.3, 0.4) is 0 Å². The minimum absolute atomic E-state index is 0.0980. The molecule has 0 saturated heterocycles. The van der Waals surface area contributed by atoms with Crippen molar-refractivity contribution in [2.45, 2.75) is 0 Å². The molecule has 1 heterocycles. The van der Waals surface area contributed by atoms with E-state index in [1.165, 1.54) is 33.5 Å². The van der Waals surface area contributed by atoms with Gasteiger partial charge in [0.1, 0.15) is 5.69 Å². The van der Waals surface area contributed by atoms with Crippen molar-refractivity contribution in [2.24, 2.45) is 0 Å². The first kappa shape index (κ1) is 18.5. The first-order chi connectivity index (χ1) is 12.0. The molecule has 0 spiro atoms. The van der Waals surface area contributed by atoms with Crippen LogP contribution in [0.15, 0.2) is 35.8 Å². The number of ether oxygens (including phenoxy) is 3. The standard InChI is InChI=1S/C17H18N2O5S/c1-5-6-13(25)16(20)19-14-9-7-11(22-2)12(23-3)8-10(9)18-15(14)17(21)24-4/h5-8,18,25H,1H2,2-4H3,(H,19,20)/b13-6-. The lowest BCUT2D eigenvalue weighted by Gasteiger charge is -2.09. The van der Waals surface area contributed by atoms with E-state index < -0.39 is 11.9 Å². The molecule has 0 aliphatic carbocycles. The number of carbonyl (C=O) groups excluding carboxylic acids is 2. The summed E-state index contributed by atoms with van der Waals surface area (Å²) in [5.74, 6) is -0.192. The van der Waals surface area contributed by atoms with Gasteiger partial charge in [0.05, 0.1) is 37.4 Å². The molecule has 8 heteroatoms. The molecule has 2 rings (SSSR count). The summed E-state index contributed by atoms with van der Waals surface area (Å²) >= 11 is 4.10. The van der Waals surface area contributed by atoms with Crippen LogP contribution in [0.5, 0.6) is 11.5 Å². The van der Waals surface area contributed by atoms with Crippen LogP contribution in [0.2, 0.25) is 0 Å². The molecule has 0 unspecified atom stereocenters. The second kappa shape index (κ2) is 7.80. The summed E-state index contributed by atoms with van der Waals surface area (Å²) in [6.07, 6.45) is 2.88. The molecule has 0 atom stereocenters. The first-order valence-electron chi connectivity index (χ1n) is 7.15. The molecule has 1 aromatic carbocycles. The highest BCUT2D eigenvalue weighted by atomic mass is 32.1. The summed E-state index contributed by atoms with van der Waals surface area (Å²) in [6.45, 7) is 3.51. The number of methoxy groups -OCH3 is 3. The van der Waals surface area contributed by atoms with Crippen molar-refractivity contribution >= 4 is 41.1 Å². The van der Waals surface area contributed by atoms with Crippen LogP contribution in [0, 0.1) is 0 Å². The van der Waals surface area contributed by atoms with Gasteiger partial charge < -0.3 is 24.5 Å². The van der Waals surface area contributed by atoms with Crippen LogP contribution in [0.4, 0.5) is 5.69 Å². The highest BCUT2D eigenvalue weighted by Crippen LogP contribution is 2.37. The van der Waals surface area contributed by atoms with Crippen molar-refractivity contribution in [1.82, 2.24) is 4.98 Å². The maximum Gasteiger partial charge on any atom is 0.356 e. The zero-order valence-corrected chi connectivity index (χ0v) is 14.9. The van der Waals surface area contributed by atoms with Crippen molar-refractivity contribution in [3.05, 3.63) is 41.5 Å². The number of rotatable bonds is 6. The number of aromatic nitrogens is 1. The number of esters is 1. The summed E-state index contributed by atoms with van der Waals surface area (Å²) in [5, 5.41) is 3.22. The average Bonchev–Trinajstić information content (AvgIpc) is 2.97. The molecule has 0 radical (unpaired) electrons. The topological polar surface area (TPSA) is 89.7 Å². The molecule has 0 fully saturated rings. The van der Waals surface area contributed by atoms with Gasteiger partial charge in [0.2, 0.25) is 0 Å². The highest BCUT2D eigenvalue weighted by Gasteiger charge is 2.22. The predicted octanol–water partition coefficient (Wildman–Crippen LogP) is 2.91. The fourth-order valence-corrected chi connectivity index (χ4v) is 2.43. The Kier molecular flexibility index (Phi) is 5.76. The Morgan fingerprint density at radius 3 is 2.40 bits per heavy atom. The molecule has 0 aliphatic rings. The second-order valence-electron chi connectivity index (χ2n) is 4.86. The third-order valence-electron chi connectivity index (χ3n) is 3.44. The van der Waals surface area contributed by atoms with E-state index in [1.807, 2.05) is 0 Å². The average molecular weight is 362 g/mol. The summed E-state index contributed by atoms with van der Waals surface area (Å²) in [6, 6.07) is 3.32. The predicted molar refractivity (Wildman–Crippen MR) is 98.6 cm³/mol. The molecule has 132 valence electrons. The minimum Gasteiger partial charge on any atom is -0.493 e. The van der Waals surface area contributed by atoms with E-state index in [0.29, 0.717) is 22.4 Å². The SMILES string of the molecule is C=C/C=C(\S)C(=O)Nc1c(C(=O)OC)[nH]c2cc(OC)c(OC)cc12. The normalized spacial score (nSPS) is 11.1. The van der Waals surface area contributed by atoms with Crippen LogP contribution in [0.25, 0.3) is 10.9 Å². The van der Waals surface area contributed by atoms with Crippen LogP contribution in [-0.4, -0.2) is 38.2 Å². The maximum absolute atomic E-state index is 12.3. The van der Waals surface area contributed by atoms with E-state index in [9.17, 15) is 9.59 Å². The van der Waals surface area contributed by atoms with Crippen molar-refractivity contribution in [1.29, 1.82) is 0 Å². The molecule has 1 amide bonds. The molecule has 0 bridgehead atoms. The lowest BCUT2D eigenvalue weighted by molar-refractivity contribution is -0.112. The Morgan fingerprint density at radius 2 is 1.84 bits per heavy atom. The number of fused-ring (bicyclic) bond motifs is 1. The zero-order chi connectivity index (χ0) is 18.6. The third-order valence-corrected chi connectivity index (χ3v) is 3.79. The molecule has 2 aromatic rings. The number of benzene rings is 1. The maximum atomic E-state index is 12.3. The van der Waals surface area contributed by atoms with E-state index in [-0.39, 0.29) is 16.3 Å². The molecule has 7 nitrogen and oxygen atoms in total. The summed E-state index contributed by atoms with van der Waals surface area (Å²) < 4.78 is 15.3. The van der Waals surface area contributed by atoms with E-state index in [1.54, 1.807) is 12.1 Å². The monoisotopic (exact) mass is 362 g/mol. The van der Waals surface area contributed by atoms with E-state index in [0.717, 1.165) is 0 Å².